The standard InChI is InChI=1S/C10H17NO2/c1-13-9(12)7-6-10(4-5-10)3-2-8(7)11/h7-8H,2-6,11H2,1H3/t7-,8+/m1/s1. The molecule has 0 aromatic carbocycles. The Balaban J connectivity index is 2.02. The fourth-order valence-corrected chi connectivity index (χ4v) is 2.43. The first-order valence-electron chi connectivity index (χ1n) is 5.00. The molecule has 13 heavy (non-hydrogen) atoms. The molecule has 0 radical (unpaired) electrons. The second-order valence-corrected chi connectivity index (χ2v) is 4.54. The Hall–Kier alpha value is -0.570. The number of rotatable bonds is 1. The average Bonchev–Trinajstić information content (AvgIpc) is 2.89. The predicted octanol–water partition coefficient (Wildman–Crippen LogP) is 1.07. The van der Waals surface area contributed by atoms with Gasteiger partial charge in [0.2, 0.25) is 0 Å². The maximum Gasteiger partial charge on any atom is 0.310 e. The van der Waals surface area contributed by atoms with Crippen LogP contribution in [0.2, 0.25) is 0 Å². The summed E-state index contributed by atoms with van der Waals surface area (Å²) < 4.78 is 4.76. The Kier molecular flexibility index (Phi) is 2.06. The smallest absolute Gasteiger partial charge is 0.310 e. The lowest BCUT2D eigenvalue weighted by Crippen LogP contribution is -2.41. The highest BCUT2D eigenvalue weighted by molar-refractivity contribution is 5.73. The minimum absolute atomic E-state index is 0.0266. The van der Waals surface area contributed by atoms with E-state index in [1.165, 1.54) is 26.4 Å². The van der Waals surface area contributed by atoms with E-state index < -0.39 is 0 Å². The van der Waals surface area contributed by atoms with Crippen molar-refractivity contribution in [3.8, 4) is 0 Å². The largest absolute Gasteiger partial charge is 0.469 e. The fourth-order valence-electron chi connectivity index (χ4n) is 2.43. The van der Waals surface area contributed by atoms with Crippen LogP contribution in [0.5, 0.6) is 0 Å². The monoisotopic (exact) mass is 183 g/mol. The molecule has 0 amide bonds. The molecule has 0 bridgehead atoms. The van der Waals surface area contributed by atoms with Gasteiger partial charge < -0.3 is 10.5 Å². The number of hydrogen-bond acceptors (Lipinski definition) is 3. The van der Waals surface area contributed by atoms with Gasteiger partial charge in [-0.15, -0.1) is 0 Å². The summed E-state index contributed by atoms with van der Waals surface area (Å²) in [6.45, 7) is 0. The highest BCUT2D eigenvalue weighted by Gasteiger charge is 2.49. The van der Waals surface area contributed by atoms with Crippen molar-refractivity contribution in [1.82, 2.24) is 0 Å². The summed E-state index contributed by atoms with van der Waals surface area (Å²) in [7, 11) is 1.45. The van der Waals surface area contributed by atoms with Crippen molar-refractivity contribution in [2.45, 2.75) is 38.1 Å². The van der Waals surface area contributed by atoms with E-state index in [1.54, 1.807) is 0 Å². The van der Waals surface area contributed by atoms with E-state index in [9.17, 15) is 4.79 Å². The highest BCUT2D eigenvalue weighted by atomic mass is 16.5. The molecule has 3 nitrogen and oxygen atoms in total. The third-order valence-corrected chi connectivity index (χ3v) is 3.64. The van der Waals surface area contributed by atoms with E-state index in [1.807, 2.05) is 0 Å². The lowest BCUT2D eigenvalue weighted by atomic mass is 9.76. The minimum Gasteiger partial charge on any atom is -0.469 e. The van der Waals surface area contributed by atoms with E-state index in [2.05, 4.69) is 0 Å². The molecule has 0 aromatic heterocycles. The van der Waals surface area contributed by atoms with Gasteiger partial charge in [-0.1, -0.05) is 0 Å². The molecular weight excluding hydrogens is 166 g/mol. The van der Waals surface area contributed by atoms with Crippen molar-refractivity contribution < 1.29 is 9.53 Å². The molecule has 1 spiro atoms. The quantitative estimate of drug-likeness (QED) is 0.618. The Labute approximate surface area is 78.6 Å². The highest BCUT2D eigenvalue weighted by Crippen LogP contribution is 2.57. The van der Waals surface area contributed by atoms with Gasteiger partial charge in [0.1, 0.15) is 0 Å². The number of nitrogens with two attached hydrogens (primary N) is 1. The average molecular weight is 183 g/mol. The lowest BCUT2D eigenvalue weighted by Gasteiger charge is -2.32. The molecule has 0 saturated heterocycles. The van der Waals surface area contributed by atoms with Crippen LogP contribution in [0.15, 0.2) is 0 Å². The molecule has 2 aliphatic rings. The van der Waals surface area contributed by atoms with Crippen LogP contribution in [0.1, 0.15) is 32.1 Å². The molecule has 74 valence electrons. The molecule has 2 N–H and O–H groups in total. The second-order valence-electron chi connectivity index (χ2n) is 4.54. The minimum atomic E-state index is -0.113. The molecule has 3 heteroatoms. The number of esters is 1. The summed E-state index contributed by atoms with van der Waals surface area (Å²) in [5.41, 5.74) is 6.38. The molecule has 0 aliphatic heterocycles. The Morgan fingerprint density at radius 2 is 2.15 bits per heavy atom. The van der Waals surface area contributed by atoms with Gasteiger partial charge in [0.05, 0.1) is 13.0 Å². The van der Waals surface area contributed by atoms with Crippen LogP contribution in [-0.4, -0.2) is 19.1 Å². The Morgan fingerprint density at radius 3 is 2.69 bits per heavy atom. The van der Waals surface area contributed by atoms with Crippen molar-refractivity contribution in [2.75, 3.05) is 7.11 Å². The summed E-state index contributed by atoms with van der Waals surface area (Å²) in [4.78, 5) is 11.4. The molecule has 2 saturated carbocycles. The van der Waals surface area contributed by atoms with Crippen LogP contribution < -0.4 is 5.73 Å². The van der Waals surface area contributed by atoms with Crippen LogP contribution >= 0.6 is 0 Å². The van der Waals surface area contributed by atoms with Crippen LogP contribution in [-0.2, 0) is 9.53 Å². The van der Waals surface area contributed by atoms with E-state index in [-0.39, 0.29) is 17.9 Å². The van der Waals surface area contributed by atoms with Gasteiger partial charge in [-0.3, -0.25) is 4.79 Å². The first-order valence-corrected chi connectivity index (χ1v) is 5.00. The third kappa shape index (κ3) is 1.57. The van der Waals surface area contributed by atoms with Crippen LogP contribution in [0.25, 0.3) is 0 Å². The second kappa shape index (κ2) is 2.98. The summed E-state index contributed by atoms with van der Waals surface area (Å²) >= 11 is 0. The maximum atomic E-state index is 11.4. The van der Waals surface area contributed by atoms with E-state index in [0.29, 0.717) is 5.41 Å². The number of hydrogen-bond donors (Lipinski definition) is 1. The zero-order valence-electron chi connectivity index (χ0n) is 8.08. The number of carbonyl (C=O) groups is 1. The van der Waals surface area contributed by atoms with Gasteiger partial charge in [-0.25, -0.2) is 0 Å². The molecule has 2 atom stereocenters. The molecular formula is C10H17NO2. The first-order chi connectivity index (χ1) is 6.17. The van der Waals surface area contributed by atoms with Crippen LogP contribution in [0, 0.1) is 11.3 Å². The van der Waals surface area contributed by atoms with Gasteiger partial charge in [-0.2, -0.15) is 0 Å². The van der Waals surface area contributed by atoms with Gasteiger partial charge in [0.25, 0.3) is 0 Å². The molecule has 2 fully saturated rings. The number of methoxy groups -OCH3 is 1. The van der Waals surface area contributed by atoms with Crippen LogP contribution in [0.3, 0.4) is 0 Å². The molecule has 0 heterocycles. The first kappa shape index (κ1) is 9.00. The van der Waals surface area contributed by atoms with Gasteiger partial charge in [0, 0.05) is 6.04 Å². The van der Waals surface area contributed by atoms with E-state index in [0.717, 1.165) is 12.8 Å². The van der Waals surface area contributed by atoms with E-state index in [4.69, 9.17) is 10.5 Å². The van der Waals surface area contributed by atoms with Gasteiger partial charge in [0.15, 0.2) is 0 Å². The topological polar surface area (TPSA) is 52.3 Å². The van der Waals surface area contributed by atoms with Crippen LogP contribution in [0.4, 0.5) is 0 Å². The zero-order valence-corrected chi connectivity index (χ0v) is 8.08. The Bertz CT molecular complexity index is 223. The van der Waals surface area contributed by atoms with Crippen molar-refractivity contribution in [3.63, 3.8) is 0 Å². The van der Waals surface area contributed by atoms with Crippen molar-refractivity contribution in [1.29, 1.82) is 0 Å². The van der Waals surface area contributed by atoms with Crippen molar-refractivity contribution in [2.24, 2.45) is 17.1 Å². The maximum absolute atomic E-state index is 11.4. The molecule has 2 aliphatic carbocycles. The Morgan fingerprint density at radius 1 is 1.46 bits per heavy atom. The number of ether oxygens (including phenoxy) is 1. The predicted molar refractivity (Wildman–Crippen MR) is 49.0 cm³/mol. The molecule has 0 unspecified atom stereocenters. The summed E-state index contributed by atoms with van der Waals surface area (Å²) in [5, 5.41) is 0. The normalized spacial score (nSPS) is 35.8. The van der Waals surface area contributed by atoms with Crippen molar-refractivity contribution in [3.05, 3.63) is 0 Å². The lowest BCUT2D eigenvalue weighted by molar-refractivity contribution is -0.148. The summed E-state index contributed by atoms with van der Waals surface area (Å²) in [6.07, 6.45) is 5.72. The SMILES string of the molecule is COC(=O)[C@@H]1CC2(CC[C@@H]1N)CC2. The van der Waals surface area contributed by atoms with Gasteiger partial charge >= 0.3 is 5.97 Å². The fraction of sp³-hybridized carbons (Fsp3) is 0.900. The summed E-state index contributed by atoms with van der Waals surface area (Å²) in [5.74, 6) is -0.153. The van der Waals surface area contributed by atoms with Gasteiger partial charge in [-0.05, 0) is 37.5 Å². The molecule has 0 aromatic rings. The van der Waals surface area contributed by atoms with E-state index >= 15 is 0 Å². The summed E-state index contributed by atoms with van der Waals surface area (Å²) in [6, 6.07) is 0.0266. The molecule has 2 rings (SSSR count). The van der Waals surface area contributed by atoms with Crippen molar-refractivity contribution >= 4 is 5.97 Å². The number of carbonyl (C=O) groups excluding carboxylic acids is 1. The third-order valence-electron chi connectivity index (χ3n) is 3.64. The zero-order chi connectivity index (χ0) is 9.47.